The van der Waals surface area contributed by atoms with Gasteiger partial charge in [-0.1, -0.05) is 15.9 Å². The fraction of sp³-hybridized carbons (Fsp3) is 0.833. The quantitative estimate of drug-likeness (QED) is 0.605. The molecule has 0 heterocycles. The Balaban J connectivity index is 3.02. The second kappa shape index (κ2) is 5.11. The molecule has 0 aliphatic heterocycles. The van der Waals surface area contributed by atoms with Crippen LogP contribution in [0.25, 0.3) is 0 Å². The van der Waals surface area contributed by atoms with Crippen molar-refractivity contribution in [2.45, 2.75) is 19.8 Å². The van der Waals surface area contributed by atoms with Crippen LogP contribution in [0.5, 0.6) is 0 Å². The molecular weight excluding hydrogens is 166 g/mol. The molecule has 0 aromatic heterocycles. The minimum absolute atomic E-state index is 0.229. The number of rotatable bonds is 3. The van der Waals surface area contributed by atoms with Crippen molar-refractivity contribution in [1.29, 1.82) is 5.26 Å². The molecule has 8 heavy (non-hydrogen) atoms. The van der Waals surface area contributed by atoms with Gasteiger partial charge in [0.05, 0.1) is 6.07 Å². The molecule has 0 aliphatic carbocycles. The van der Waals surface area contributed by atoms with Crippen LogP contribution < -0.4 is 0 Å². The third-order valence-electron chi connectivity index (χ3n) is 0.991. The highest BCUT2D eigenvalue weighted by molar-refractivity contribution is 9.09. The molecule has 0 aliphatic rings. The van der Waals surface area contributed by atoms with E-state index in [1.54, 1.807) is 0 Å². The average Bonchev–Trinajstić information content (AvgIpc) is 1.83. The van der Waals surface area contributed by atoms with Gasteiger partial charge in [0.1, 0.15) is 0 Å². The zero-order valence-corrected chi connectivity index (χ0v) is 6.61. The molecule has 2 heteroatoms. The lowest BCUT2D eigenvalue weighted by atomic mass is 10.1. The molecule has 0 amide bonds. The van der Waals surface area contributed by atoms with Crippen LogP contribution >= 0.6 is 15.9 Å². The molecule has 0 spiro atoms. The van der Waals surface area contributed by atoms with Gasteiger partial charge in [0.15, 0.2) is 0 Å². The first kappa shape index (κ1) is 7.97. The monoisotopic (exact) mass is 175 g/mol. The van der Waals surface area contributed by atoms with Gasteiger partial charge in [-0.2, -0.15) is 5.26 Å². The predicted octanol–water partition coefficient (Wildman–Crippen LogP) is 2.32. The highest BCUT2D eigenvalue weighted by Crippen LogP contribution is 2.04. The summed E-state index contributed by atoms with van der Waals surface area (Å²) in [6.07, 6.45) is 2.12. The zero-order chi connectivity index (χ0) is 6.41. The van der Waals surface area contributed by atoms with Gasteiger partial charge >= 0.3 is 0 Å². The van der Waals surface area contributed by atoms with Crippen molar-refractivity contribution < 1.29 is 0 Å². The fourth-order valence-corrected chi connectivity index (χ4v) is 0.772. The number of halogens is 1. The molecule has 0 fully saturated rings. The van der Waals surface area contributed by atoms with Gasteiger partial charge < -0.3 is 0 Å². The maximum Gasteiger partial charge on any atom is 0.0652 e. The normalized spacial score (nSPS) is 12.6. The molecule has 0 aromatic rings. The molecule has 0 saturated carbocycles. The first-order valence-corrected chi connectivity index (χ1v) is 3.89. The second-order valence-electron chi connectivity index (χ2n) is 1.86. The Morgan fingerprint density at radius 3 is 2.75 bits per heavy atom. The van der Waals surface area contributed by atoms with E-state index in [2.05, 4.69) is 22.0 Å². The maximum atomic E-state index is 8.30. The van der Waals surface area contributed by atoms with E-state index in [9.17, 15) is 0 Å². The Labute approximate surface area is 58.8 Å². The summed E-state index contributed by atoms with van der Waals surface area (Å²) in [5.41, 5.74) is 0. The van der Waals surface area contributed by atoms with Crippen molar-refractivity contribution in [2.75, 3.05) is 5.33 Å². The van der Waals surface area contributed by atoms with E-state index in [-0.39, 0.29) is 5.92 Å². The van der Waals surface area contributed by atoms with Gasteiger partial charge in [-0.25, -0.2) is 0 Å². The number of nitrogens with zero attached hydrogens (tertiary/aromatic N) is 1. The van der Waals surface area contributed by atoms with E-state index in [0.29, 0.717) is 0 Å². The van der Waals surface area contributed by atoms with E-state index in [4.69, 9.17) is 5.26 Å². The molecule has 0 saturated heterocycles. The summed E-state index contributed by atoms with van der Waals surface area (Å²) >= 11 is 3.30. The number of hydrogen-bond donors (Lipinski definition) is 0. The smallest absolute Gasteiger partial charge is 0.0652 e. The van der Waals surface area contributed by atoms with Crippen molar-refractivity contribution in [1.82, 2.24) is 0 Å². The summed E-state index contributed by atoms with van der Waals surface area (Å²) in [5.74, 6) is 0.229. The third-order valence-corrected chi connectivity index (χ3v) is 1.55. The summed E-state index contributed by atoms with van der Waals surface area (Å²) in [6, 6.07) is 2.18. The topological polar surface area (TPSA) is 23.8 Å². The molecule has 0 N–H and O–H groups in total. The van der Waals surface area contributed by atoms with Crippen LogP contribution in [0.15, 0.2) is 0 Å². The van der Waals surface area contributed by atoms with E-state index in [1.165, 1.54) is 0 Å². The molecule has 1 atom stereocenters. The van der Waals surface area contributed by atoms with Crippen LogP contribution in [0.1, 0.15) is 19.8 Å². The minimum Gasteiger partial charge on any atom is -0.198 e. The van der Waals surface area contributed by atoms with Crippen molar-refractivity contribution in [3.63, 3.8) is 0 Å². The molecule has 0 rings (SSSR count). The lowest BCUT2D eigenvalue weighted by Gasteiger charge is -1.95. The molecule has 46 valence electrons. The van der Waals surface area contributed by atoms with Crippen LogP contribution in [-0.4, -0.2) is 5.33 Å². The van der Waals surface area contributed by atoms with Crippen LogP contribution in [-0.2, 0) is 0 Å². The predicted molar refractivity (Wildman–Crippen MR) is 37.8 cm³/mol. The van der Waals surface area contributed by atoms with Gasteiger partial charge in [0.25, 0.3) is 0 Å². The molecule has 0 aromatic carbocycles. The number of alkyl halides is 1. The van der Waals surface area contributed by atoms with Gasteiger partial charge in [-0.15, -0.1) is 0 Å². The summed E-state index contributed by atoms with van der Waals surface area (Å²) in [7, 11) is 0. The van der Waals surface area contributed by atoms with Gasteiger partial charge in [-0.3, -0.25) is 0 Å². The molecular formula is C6H10BrN. The maximum absolute atomic E-state index is 8.30. The second-order valence-corrected chi connectivity index (χ2v) is 2.65. The highest BCUT2D eigenvalue weighted by atomic mass is 79.9. The lowest BCUT2D eigenvalue weighted by molar-refractivity contribution is 0.652. The standard InChI is InChI=1S/C6H10BrN/c1-6(5-8)3-2-4-7/h6H,2-4H2,1H3. The lowest BCUT2D eigenvalue weighted by Crippen LogP contribution is -1.88. The van der Waals surface area contributed by atoms with E-state index < -0.39 is 0 Å². The van der Waals surface area contributed by atoms with Crippen LogP contribution in [0.4, 0.5) is 0 Å². The summed E-state index contributed by atoms with van der Waals surface area (Å²) in [4.78, 5) is 0. The highest BCUT2D eigenvalue weighted by Gasteiger charge is 1.95. The summed E-state index contributed by atoms with van der Waals surface area (Å²) in [5, 5.41) is 9.31. The van der Waals surface area contributed by atoms with E-state index in [1.807, 2.05) is 6.92 Å². The third kappa shape index (κ3) is 4.14. The van der Waals surface area contributed by atoms with Crippen molar-refractivity contribution in [2.24, 2.45) is 5.92 Å². The molecule has 1 unspecified atom stereocenters. The van der Waals surface area contributed by atoms with Crippen molar-refractivity contribution >= 4 is 15.9 Å². The number of nitriles is 1. The van der Waals surface area contributed by atoms with E-state index >= 15 is 0 Å². The summed E-state index contributed by atoms with van der Waals surface area (Å²) < 4.78 is 0. The van der Waals surface area contributed by atoms with Gasteiger partial charge in [-0.05, 0) is 19.8 Å². The Morgan fingerprint density at radius 1 is 1.75 bits per heavy atom. The van der Waals surface area contributed by atoms with E-state index in [0.717, 1.165) is 18.2 Å². The Kier molecular flexibility index (Phi) is 5.09. The SMILES string of the molecule is CC(C#N)CCCBr. The van der Waals surface area contributed by atoms with Crippen LogP contribution in [0, 0.1) is 17.2 Å². The average molecular weight is 176 g/mol. The van der Waals surface area contributed by atoms with Gasteiger partial charge in [0, 0.05) is 11.2 Å². The number of hydrogen-bond acceptors (Lipinski definition) is 1. The fourth-order valence-electron chi connectivity index (χ4n) is 0.448. The van der Waals surface area contributed by atoms with Gasteiger partial charge in [0.2, 0.25) is 0 Å². The summed E-state index contributed by atoms with van der Waals surface area (Å²) in [6.45, 7) is 1.95. The van der Waals surface area contributed by atoms with Crippen molar-refractivity contribution in [3.8, 4) is 6.07 Å². The first-order chi connectivity index (χ1) is 3.81. The van der Waals surface area contributed by atoms with Crippen molar-refractivity contribution in [3.05, 3.63) is 0 Å². The molecule has 1 nitrogen and oxygen atoms in total. The Morgan fingerprint density at radius 2 is 2.38 bits per heavy atom. The van der Waals surface area contributed by atoms with Crippen LogP contribution in [0.3, 0.4) is 0 Å². The Bertz CT molecular complexity index is 85.0. The first-order valence-electron chi connectivity index (χ1n) is 2.77. The Hall–Kier alpha value is -0.0300. The minimum atomic E-state index is 0.229. The van der Waals surface area contributed by atoms with Crippen LogP contribution in [0.2, 0.25) is 0 Å². The molecule has 0 bridgehead atoms. The largest absolute Gasteiger partial charge is 0.198 e. The molecule has 0 radical (unpaired) electrons. The zero-order valence-electron chi connectivity index (χ0n) is 5.02.